The van der Waals surface area contributed by atoms with E-state index in [1.54, 1.807) is 24.0 Å². The van der Waals surface area contributed by atoms with E-state index in [0.29, 0.717) is 30.9 Å². The number of sulfone groups is 1. The number of rotatable bonds is 5. The Morgan fingerprint density at radius 2 is 2.04 bits per heavy atom. The fourth-order valence-electron chi connectivity index (χ4n) is 3.15. The molecule has 0 saturated carbocycles. The largest absolute Gasteiger partial charge is 0.332 e. The van der Waals surface area contributed by atoms with Crippen LogP contribution in [0.2, 0.25) is 0 Å². The highest BCUT2D eigenvalue weighted by Gasteiger charge is 2.35. The topological polar surface area (TPSA) is 85.2 Å². The molecule has 26 heavy (non-hydrogen) atoms. The first-order chi connectivity index (χ1) is 12.3. The highest BCUT2D eigenvalue weighted by molar-refractivity contribution is 7.91. The molecule has 2 aromatic rings. The Morgan fingerprint density at radius 3 is 2.62 bits per heavy atom. The van der Waals surface area contributed by atoms with Gasteiger partial charge in [-0.2, -0.15) is 0 Å². The van der Waals surface area contributed by atoms with Crippen LogP contribution in [0.3, 0.4) is 0 Å². The molecule has 0 aliphatic carbocycles. The molecule has 7 nitrogen and oxygen atoms in total. The summed E-state index contributed by atoms with van der Waals surface area (Å²) in [5.41, 5.74) is 0.598. The fourth-order valence-corrected chi connectivity index (χ4v) is 4.88. The minimum Gasteiger partial charge on any atom is -0.332 e. The number of hydrogen-bond donors (Lipinski definition) is 0. The third kappa shape index (κ3) is 3.77. The number of hydrogen-bond acceptors (Lipinski definition) is 5. The zero-order chi connectivity index (χ0) is 18.9. The van der Waals surface area contributed by atoms with Gasteiger partial charge in [0, 0.05) is 12.6 Å². The van der Waals surface area contributed by atoms with Gasteiger partial charge in [-0.1, -0.05) is 6.92 Å². The van der Waals surface area contributed by atoms with Crippen LogP contribution in [-0.4, -0.2) is 58.1 Å². The monoisotopic (exact) mass is 380 g/mol. The molecule has 1 aliphatic heterocycles. The minimum atomic E-state index is -3.10. The van der Waals surface area contributed by atoms with Gasteiger partial charge >= 0.3 is 0 Å². The van der Waals surface area contributed by atoms with Crippen LogP contribution in [0.4, 0.5) is 4.39 Å². The number of halogens is 1. The van der Waals surface area contributed by atoms with Crippen molar-refractivity contribution in [1.29, 1.82) is 0 Å². The predicted octanol–water partition coefficient (Wildman–Crippen LogP) is 1.75. The zero-order valence-electron chi connectivity index (χ0n) is 14.7. The lowest BCUT2D eigenvalue weighted by Crippen LogP contribution is -2.42. The summed E-state index contributed by atoms with van der Waals surface area (Å²) in [6.45, 7) is 4.08. The maximum atomic E-state index is 13.1. The summed E-state index contributed by atoms with van der Waals surface area (Å²) in [6.07, 6.45) is 1.14. The van der Waals surface area contributed by atoms with Crippen LogP contribution in [0.1, 0.15) is 36.2 Å². The lowest BCUT2D eigenvalue weighted by Gasteiger charge is -2.26. The number of carbonyl (C=O) groups is 1. The first-order valence-electron chi connectivity index (χ1n) is 8.51. The second kappa shape index (κ2) is 7.14. The van der Waals surface area contributed by atoms with Gasteiger partial charge in [-0.25, -0.2) is 22.5 Å². The maximum absolute atomic E-state index is 13.1. The van der Waals surface area contributed by atoms with Crippen LogP contribution in [0.5, 0.6) is 0 Å². The third-order valence-corrected chi connectivity index (χ3v) is 6.16. The SMILES string of the molecule is CCCN(C(=O)c1nc(C)n(-c2ccc(F)cc2)n1)C1CCS(=O)(=O)C1. The molecule has 1 aromatic carbocycles. The van der Waals surface area contributed by atoms with Gasteiger partial charge in [0.05, 0.1) is 17.2 Å². The van der Waals surface area contributed by atoms with Crippen molar-refractivity contribution < 1.29 is 17.6 Å². The maximum Gasteiger partial charge on any atom is 0.293 e. The van der Waals surface area contributed by atoms with E-state index in [2.05, 4.69) is 10.1 Å². The zero-order valence-corrected chi connectivity index (χ0v) is 15.5. The number of carbonyl (C=O) groups excluding carboxylic acids is 1. The summed E-state index contributed by atoms with van der Waals surface area (Å²) in [5, 5.41) is 4.26. The van der Waals surface area contributed by atoms with Gasteiger partial charge in [-0.3, -0.25) is 4.79 Å². The first kappa shape index (κ1) is 18.5. The molecule has 1 aromatic heterocycles. The molecule has 1 aliphatic rings. The van der Waals surface area contributed by atoms with Crippen LogP contribution < -0.4 is 0 Å². The highest BCUT2D eigenvalue weighted by Crippen LogP contribution is 2.20. The average molecular weight is 380 g/mol. The van der Waals surface area contributed by atoms with Gasteiger partial charge in [0.2, 0.25) is 5.82 Å². The molecule has 1 saturated heterocycles. The first-order valence-corrected chi connectivity index (χ1v) is 10.3. The molecule has 0 bridgehead atoms. The van der Waals surface area contributed by atoms with Crippen molar-refractivity contribution in [1.82, 2.24) is 19.7 Å². The average Bonchev–Trinajstić information content (AvgIpc) is 3.15. The third-order valence-electron chi connectivity index (χ3n) is 4.41. The van der Waals surface area contributed by atoms with E-state index in [0.717, 1.165) is 0 Å². The summed E-state index contributed by atoms with van der Waals surface area (Å²) in [5.74, 6) is -0.143. The van der Waals surface area contributed by atoms with Crippen molar-refractivity contribution in [2.24, 2.45) is 0 Å². The van der Waals surface area contributed by atoms with E-state index in [1.165, 1.54) is 16.8 Å². The normalized spacial score (nSPS) is 18.8. The predicted molar refractivity (Wildman–Crippen MR) is 94.4 cm³/mol. The number of aryl methyl sites for hydroxylation is 1. The van der Waals surface area contributed by atoms with E-state index < -0.39 is 9.84 Å². The van der Waals surface area contributed by atoms with Gasteiger partial charge in [0.1, 0.15) is 11.6 Å². The van der Waals surface area contributed by atoms with Gasteiger partial charge in [0.15, 0.2) is 9.84 Å². The Morgan fingerprint density at radius 1 is 1.35 bits per heavy atom. The number of nitrogens with zero attached hydrogens (tertiary/aromatic N) is 4. The van der Waals surface area contributed by atoms with Crippen molar-refractivity contribution in [3.05, 3.63) is 41.7 Å². The molecule has 0 N–H and O–H groups in total. The minimum absolute atomic E-state index is 0.0175. The van der Waals surface area contributed by atoms with Crippen molar-refractivity contribution in [3.63, 3.8) is 0 Å². The van der Waals surface area contributed by atoms with Crippen LogP contribution in [0.15, 0.2) is 24.3 Å². The van der Waals surface area contributed by atoms with Crippen molar-refractivity contribution in [2.75, 3.05) is 18.1 Å². The van der Waals surface area contributed by atoms with Gasteiger partial charge in [-0.05, 0) is 44.0 Å². The molecule has 1 atom stereocenters. The number of benzene rings is 1. The molecule has 9 heteroatoms. The Hall–Kier alpha value is -2.29. The Labute approximate surface area is 151 Å². The van der Waals surface area contributed by atoms with Gasteiger partial charge in [0.25, 0.3) is 5.91 Å². The van der Waals surface area contributed by atoms with Crippen molar-refractivity contribution >= 4 is 15.7 Å². The molecule has 0 radical (unpaired) electrons. The lowest BCUT2D eigenvalue weighted by molar-refractivity contribution is 0.0684. The molecular formula is C17H21FN4O3S. The van der Waals surface area contributed by atoms with Crippen molar-refractivity contribution in [2.45, 2.75) is 32.7 Å². The van der Waals surface area contributed by atoms with Crippen LogP contribution >= 0.6 is 0 Å². The van der Waals surface area contributed by atoms with E-state index in [9.17, 15) is 17.6 Å². The number of amides is 1. The van der Waals surface area contributed by atoms with Crippen LogP contribution in [0.25, 0.3) is 5.69 Å². The molecule has 0 spiro atoms. The standard InChI is InChI=1S/C17H21FN4O3S/c1-3-9-21(15-8-10-26(24,25)11-15)17(23)16-19-12(2)22(20-16)14-6-4-13(18)5-7-14/h4-7,15H,3,8-11H2,1-2H3. The quantitative estimate of drug-likeness (QED) is 0.789. The second-order valence-corrected chi connectivity index (χ2v) is 8.65. The van der Waals surface area contributed by atoms with E-state index in [4.69, 9.17) is 0 Å². The molecule has 2 heterocycles. The summed E-state index contributed by atoms with van der Waals surface area (Å²) in [6, 6.07) is 5.39. The Kier molecular flexibility index (Phi) is 5.08. The van der Waals surface area contributed by atoms with Gasteiger partial charge < -0.3 is 4.90 Å². The summed E-state index contributed by atoms with van der Waals surface area (Å²) < 4.78 is 38.1. The van der Waals surface area contributed by atoms with E-state index >= 15 is 0 Å². The fraction of sp³-hybridized carbons (Fsp3) is 0.471. The van der Waals surface area contributed by atoms with Crippen LogP contribution in [0, 0.1) is 12.7 Å². The summed E-state index contributed by atoms with van der Waals surface area (Å²) >= 11 is 0. The second-order valence-electron chi connectivity index (χ2n) is 6.43. The van der Waals surface area contributed by atoms with Crippen molar-refractivity contribution in [3.8, 4) is 5.69 Å². The van der Waals surface area contributed by atoms with E-state index in [-0.39, 0.29) is 35.1 Å². The molecule has 140 valence electrons. The molecule has 1 fully saturated rings. The molecule has 3 rings (SSSR count). The lowest BCUT2D eigenvalue weighted by atomic mass is 10.2. The van der Waals surface area contributed by atoms with Crippen LogP contribution in [-0.2, 0) is 9.84 Å². The summed E-state index contributed by atoms with van der Waals surface area (Å²) in [7, 11) is -3.10. The molecular weight excluding hydrogens is 359 g/mol. The Bertz CT molecular complexity index is 909. The molecule has 1 amide bonds. The van der Waals surface area contributed by atoms with Gasteiger partial charge in [-0.15, -0.1) is 5.10 Å². The Balaban J connectivity index is 1.88. The summed E-state index contributed by atoms with van der Waals surface area (Å²) in [4.78, 5) is 18.7. The highest BCUT2D eigenvalue weighted by atomic mass is 32.2. The van der Waals surface area contributed by atoms with E-state index in [1.807, 2.05) is 6.92 Å². The smallest absolute Gasteiger partial charge is 0.293 e. The number of aromatic nitrogens is 3. The molecule has 1 unspecified atom stereocenters.